The molecule has 16 heavy (non-hydrogen) atoms. The number of alkyl halides is 1. The molecule has 0 radical (unpaired) electrons. The van der Waals surface area contributed by atoms with Crippen LogP contribution in [0.15, 0.2) is 0 Å². The van der Waals surface area contributed by atoms with E-state index in [1.807, 2.05) is 0 Å². The van der Waals surface area contributed by atoms with Gasteiger partial charge in [-0.05, 0) is 19.3 Å². The highest BCUT2D eigenvalue weighted by Gasteiger charge is 2.15. The first-order valence-corrected chi connectivity index (χ1v) is 7.97. The lowest BCUT2D eigenvalue weighted by Gasteiger charge is -2.11. The lowest BCUT2D eigenvalue weighted by Crippen LogP contribution is -2.30. The molecule has 1 saturated carbocycles. The largest absolute Gasteiger partial charge is 0.377 e. The van der Waals surface area contributed by atoms with Crippen molar-refractivity contribution in [3.05, 3.63) is 0 Å². The molecule has 96 valence electrons. The topological polar surface area (TPSA) is 55.4 Å². The van der Waals surface area contributed by atoms with Crippen LogP contribution in [0, 0.1) is 0 Å². The van der Waals surface area contributed by atoms with E-state index < -0.39 is 10.0 Å². The van der Waals surface area contributed by atoms with Crippen molar-refractivity contribution in [2.24, 2.45) is 0 Å². The Labute approximate surface area is 103 Å². The Morgan fingerprint density at radius 2 is 2.00 bits per heavy atom. The molecule has 0 saturated heterocycles. The van der Waals surface area contributed by atoms with E-state index in [1.165, 1.54) is 12.8 Å². The molecule has 0 aliphatic heterocycles. The van der Waals surface area contributed by atoms with Crippen LogP contribution in [0.5, 0.6) is 0 Å². The fraction of sp³-hybridized carbons (Fsp3) is 1.00. The summed E-state index contributed by atoms with van der Waals surface area (Å²) in [5.41, 5.74) is 0. The molecule has 4 nitrogen and oxygen atoms in total. The van der Waals surface area contributed by atoms with E-state index in [-0.39, 0.29) is 5.75 Å². The van der Waals surface area contributed by atoms with Gasteiger partial charge in [-0.3, -0.25) is 0 Å². The van der Waals surface area contributed by atoms with Gasteiger partial charge < -0.3 is 4.74 Å². The first-order valence-electron chi connectivity index (χ1n) is 5.79. The van der Waals surface area contributed by atoms with Crippen LogP contribution in [0.3, 0.4) is 0 Å². The maximum absolute atomic E-state index is 11.4. The van der Waals surface area contributed by atoms with Crippen molar-refractivity contribution < 1.29 is 13.2 Å². The Balaban J connectivity index is 2.05. The molecule has 0 unspecified atom stereocenters. The maximum Gasteiger partial charge on any atom is 0.211 e. The van der Waals surface area contributed by atoms with Gasteiger partial charge in [0.2, 0.25) is 10.0 Å². The quantitative estimate of drug-likeness (QED) is 0.537. The summed E-state index contributed by atoms with van der Waals surface area (Å²) in [4.78, 5) is 0. The van der Waals surface area contributed by atoms with E-state index in [9.17, 15) is 8.42 Å². The van der Waals surface area contributed by atoms with Crippen LogP contribution < -0.4 is 4.72 Å². The Kier molecular flexibility index (Phi) is 6.65. The fourth-order valence-electron chi connectivity index (χ4n) is 1.79. The average Bonchev–Trinajstić information content (AvgIpc) is 2.75. The molecule has 1 rings (SSSR count). The molecule has 0 bridgehead atoms. The summed E-state index contributed by atoms with van der Waals surface area (Å²) < 4.78 is 30.8. The molecule has 0 aromatic heterocycles. The van der Waals surface area contributed by atoms with Crippen LogP contribution in [0.2, 0.25) is 0 Å². The molecule has 0 atom stereocenters. The van der Waals surface area contributed by atoms with E-state index in [4.69, 9.17) is 16.3 Å². The molecule has 1 aliphatic carbocycles. The Bertz CT molecular complexity index is 276. The van der Waals surface area contributed by atoms with Crippen LogP contribution in [-0.4, -0.2) is 39.3 Å². The van der Waals surface area contributed by atoms with Gasteiger partial charge in [-0.25, -0.2) is 13.1 Å². The molecule has 6 heteroatoms. The number of halogens is 1. The summed E-state index contributed by atoms with van der Waals surface area (Å²) in [6.07, 6.45) is 5.50. The van der Waals surface area contributed by atoms with Crippen molar-refractivity contribution in [3.8, 4) is 0 Å². The lowest BCUT2D eigenvalue weighted by atomic mass is 10.3. The second-order valence-corrected chi connectivity index (χ2v) is 6.34. The third kappa shape index (κ3) is 6.03. The van der Waals surface area contributed by atoms with E-state index in [0.717, 1.165) is 12.8 Å². The Hall–Kier alpha value is 0.160. The van der Waals surface area contributed by atoms with E-state index in [2.05, 4.69) is 4.72 Å². The molecule has 0 aromatic carbocycles. The van der Waals surface area contributed by atoms with E-state index >= 15 is 0 Å². The first kappa shape index (κ1) is 14.2. The van der Waals surface area contributed by atoms with Gasteiger partial charge in [0.15, 0.2) is 0 Å². The van der Waals surface area contributed by atoms with Gasteiger partial charge in [0.25, 0.3) is 0 Å². The molecule has 0 spiro atoms. The van der Waals surface area contributed by atoms with Crippen molar-refractivity contribution in [2.75, 3.05) is 24.8 Å². The van der Waals surface area contributed by atoms with Crippen LogP contribution in [0.25, 0.3) is 0 Å². The molecule has 0 aromatic rings. The zero-order chi connectivity index (χ0) is 11.9. The van der Waals surface area contributed by atoms with Gasteiger partial charge in [0.05, 0.1) is 18.5 Å². The highest BCUT2D eigenvalue weighted by Crippen LogP contribution is 2.20. The number of rotatable bonds is 8. The predicted octanol–water partition coefficient (Wildman–Crippen LogP) is 1.49. The van der Waals surface area contributed by atoms with Crippen molar-refractivity contribution in [1.29, 1.82) is 0 Å². The second-order valence-electron chi connectivity index (χ2n) is 4.03. The fourth-order valence-corrected chi connectivity index (χ4v) is 3.15. The van der Waals surface area contributed by atoms with Crippen LogP contribution in [0.1, 0.15) is 32.1 Å². The SMILES string of the molecule is O=S(=O)(CCCCl)NCCOC1CCCC1. The summed E-state index contributed by atoms with van der Waals surface area (Å²) in [5, 5.41) is 0. The van der Waals surface area contributed by atoms with Crippen LogP contribution >= 0.6 is 11.6 Å². The van der Waals surface area contributed by atoms with E-state index in [1.54, 1.807) is 0 Å². The Morgan fingerprint density at radius 1 is 1.31 bits per heavy atom. The van der Waals surface area contributed by atoms with Gasteiger partial charge in [0, 0.05) is 12.4 Å². The normalized spacial score (nSPS) is 18.1. The third-order valence-corrected chi connectivity index (χ3v) is 4.36. The first-order chi connectivity index (χ1) is 7.64. The second kappa shape index (κ2) is 7.48. The van der Waals surface area contributed by atoms with Crippen molar-refractivity contribution in [3.63, 3.8) is 0 Å². The smallest absolute Gasteiger partial charge is 0.211 e. The number of hydrogen-bond acceptors (Lipinski definition) is 3. The summed E-state index contributed by atoms with van der Waals surface area (Å²) in [6.45, 7) is 0.825. The highest BCUT2D eigenvalue weighted by atomic mass is 35.5. The molecule has 0 heterocycles. The zero-order valence-corrected chi connectivity index (χ0v) is 11.0. The molecule has 0 amide bonds. The number of nitrogens with one attached hydrogen (secondary N) is 1. The lowest BCUT2D eigenvalue weighted by molar-refractivity contribution is 0.0626. The summed E-state index contributed by atoms with van der Waals surface area (Å²) in [6, 6.07) is 0. The number of sulfonamides is 1. The summed E-state index contributed by atoms with van der Waals surface area (Å²) in [7, 11) is -3.15. The maximum atomic E-state index is 11.4. The zero-order valence-electron chi connectivity index (χ0n) is 9.45. The Morgan fingerprint density at radius 3 is 2.62 bits per heavy atom. The standard InChI is InChI=1S/C10H20ClNO3S/c11-6-3-9-16(13,14)12-7-8-15-10-4-1-2-5-10/h10,12H,1-9H2. The van der Waals surface area contributed by atoms with Crippen molar-refractivity contribution >= 4 is 21.6 Å². The predicted molar refractivity (Wildman–Crippen MR) is 65.3 cm³/mol. The van der Waals surface area contributed by atoms with Gasteiger partial charge >= 0.3 is 0 Å². The van der Waals surface area contributed by atoms with E-state index in [0.29, 0.717) is 31.6 Å². The molecule has 1 fully saturated rings. The summed E-state index contributed by atoms with van der Waals surface area (Å²) in [5.74, 6) is 0.472. The van der Waals surface area contributed by atoms with Gasteiger partial charge in [-0.1, -0.05) is 12.8 Å². The average molecular weight is 270 g/mol. The molecule has 1 aliphatic rings. The number of hydrogen-bond donors (Lipinski definition) is 1. The van der Waals surface area contributed by atoms with Crippen LogP contribution in [-0.2, 0) is 14.8 Å². The number of ether oxygens (including phenoxy) is 1. The minimum atomic E-state index is -3.15. The minimum absolute atomic E-state index is 0.0972. The minimum Gasteiger partial charge on any atom is -0.377 e. The van der Waals surface area contributed by atoms with Gasteiger partial charge in [-0.2, -0.15) is 0 Å². The van der Waals surface area contributed by atoms with Gasteiger partial charge in [-0.15, -0.1) is 11.6 Å². The molecular weight excluding hydrogens is 250 g/mol. The van der Waals surface area contributed by atoms with Gasteiger partial charge in [0.1, 0.15) is 0 Å². The summed E-state index contributed by atoms with van der Waals surface area (Å²) >= 11 is 5.44. The monoisotopic (exact) mass is 269 g/mol. The van der Waals surface area contributed by atoms with Crippen molar-refractivity contribution in [2.45, 2.75) is 38.2 Å². The highest BCUT2D eigenvalue weighted by molar-refractivity contribution is 7.89. The van der Waals surface area contributed by atoms with Crippen LogP contribution in [0.4, 0.5) is 0 Å². The third-order valence-electron chi connectivity index (χ3n) is 2.63. The molecular formula is C10H20ClNO3S. The van der Waals surface area contributed by atoms with Crippen molar-refractivity contribution in [1.82, 2.24) is 4.72 Å². The molecule has 1 N–H and O–H groups in total.